The maximum absolute atomic E-state index is 5.07. The first-order valence-electron chi connectivity index (χ1n) is 13.5. The minimum atomic E-state index is 0.0692. The maximum atomic E-state index is 5.07. The van der Waals surface area contributed by atoms with Gasteiger partial charge in [0.2, 0.25) is 0 Å². The molecule has 0 bridgehead atoms. The molecule has 0 radical (unpaired) electrons. The van der Waals surface area contributed by atoms with Gasteiger partial charge in [-0.3, -0.25) is 0 Å². The van der Waals surface area contributed by atoms with E-state index in [0.29, 0.717) is 0 Å². The lowest BCUT2D eigenvalue weighted by Gasteiger charge is -2.33. The Morgan fingerprint density at radius 1 is 0.811 bits per heavy atom. The molecular formula is C32H39N5. The monoisotopic (exact) mass is 493 g/mol. The van der Waals surface area contributed by atoms with E-state index in [1.54, 1.807) is 0 Å². The summed E-state index contributed by atoms with van der Waals surface area (Å²) in [6.07, 6.45) is 9.29. The van der Waals surface area contributed by atoms with Gasteiger partial charge in [-0.25, -0.2) is 9.99 Å². The van der Waals surface area contributed by atoms with E-state index >= 15 is 0 Å². The van der Waals surface area contributed by atoms with Crippen LogP contribution in [0.5, 0.6) is 0 Å². The Kier molecular flexibility index (Phi) is 9.14. The molecule has 1 atom stereocenters. The molecule has 0 saturated heterocycles. The molecule has 1 aromatic heterocycles. The third-order valence-electron chi connectivity index (χ3n) is 6.89. The second kappa shape index (κ2) is 12.9. The number of hydrazone groups is 1. The summed E-state index contributed by atoms with van der Waals surface area (Å²) in [4.78, 5) is 9.44. The third kappa shape index (κ3) is 6.48. The summed E-state index contributed by atoms with van der Waals surface area (Å²) in [7, 11) is 0. The predicted molar refractivity (Wildman–Crippen MR) is 159 cm³/mol. The van der Waals surface area contributed by atoms with E-state index in [9.17, 15) is 0 Å². The molecule has 0 fully saturated rings. The molecule has 4 rings (SSSR count). The summed E-state index contributed by atoms with van der Waals surface area (Å²) in [5.41, 5.74) is 5.95. The Balaban J connectivity index is 1.65. The van der Waals surface area contributed by atoms with Crippen molar-refractivity contribution < 1.29 is 0 Å². The first kappa shape index (κ1) is 26.2. The first-order valence-corrected chi connectivity index (χ1v) is 13.5. The summed E-state index contributed by atoms with van der Waals surface area (Å²) >= 11 is 0. The molecule has 1 aliphatic heterocycles. The molecule has 0 saturated carbocycles. The number of benzene rings is 2. The van der Waals surface area contributed by atoms with Crippen molar-refractivity contribution in [3.63, 3.8) is 0 Å². The summed E-state index contributed by atoms with van der Waals surface area (Å²) in [5, 5.41) is 7.16. The molecule has 2 aromatic carbocycles. The van der Waals surface area contributed by atoms with Gasteiger partial charge in [0.05, 0.1) is 11.8 Å². The Morgan fingerprint density at radius 3 is 2.14 bits per heavy atom. The van der Waals surface area contributed by atoms with E-state index in [4.69, 9.17) is 5.10 Å². The van der Waals surface area contributed by atoms with Gasteiger partial charge < -0.3 is 9.80 Å². The average molecular weight is 494 g/mol. The fourth-order valence-electron chi connectivity index (χ4n) is 4.85. The zero-order valence-corrected chi connectivity index (χ0v) is 22.6. The zero-order valence-electron chi connectivity index (χ0n) is 22.6. The van der Waals surface area contributed by atoms with E-state index in [2.05, 4.69) is 120 Å². The highest BCUT2D eigenvalue weighted by Crippen LogP contribution is 2.31. The van der Waals surface area contributed by atoms with Gasteiger partial charge in [-0.05, 0) is 75.2 Å². The smallest absolute Gasteiger partial charge is 0.149 e. The van der Waals surface area contributed by atoms with Gasteiger partial charge in [0.15, 0.2) is 0 Å². The number of nitrogens with zero attached hydrogens (tertiary/aromatic N) is 5. The highest BCUT2D eigenvalue weighted by atomic mass is 15.5. The van der Waals surface area contributed by atoms with Crippen LogP contribution in [0.1, 0.15) is 45.2 Å². The van der Waals surface area contributed by atoms with E-state index in [1.807, 2.05) is 24.4 Å². The van der Waals surface area contributed by atoms with Crippen LogP contribution in [0.3, 0.4) is 0 Å². The highest BCUT2D eigenvalue weighted by Gasteiger charge is 2.32. The molecule has 0 spiro atoms. The van der Waals surface area contributed by atoms with Crippen molar-refractivity contribution in [1.29, 1.82) is 0 Å². The van der Waals surface area contributed by atoms with E-state index < -0.39 is 0 Å². The second-order valence-corrected chi connectivity index (χ2v) is 9.09. The van der Waals surface area contributed by atoms with Crippen LogP contribution in [-0.4, -0.2) is 47.8 Å². The second-order valence-electron chi connectivity index (χ2n) is 9.09. The number of pyridine rings is 1. The number of anilines is 2. The number of rotatable bonds is 11. The van der Waals surface area contributed by atoms with Gasteiger partial charge in [-0.15, -0.1) is 0 Å². The molecule has 1 unspecified atom stereocenters. The standard InChI is InChI=1S/C32H39N5/c1-5-35(6-2)29-21-18-26(19-22-29)17-20-28-25-31(37(34-28)32-16-12-13-23-33-32)30(36(7-3)8-4)24-27-14-10-9-11-15-27/h9-24,31H,5-8,25H2,1-4H3. The Bertz CT molecular complexity index is 1190. The number of allylic oxidation sites excluding steroid dienone is 1. The largest absolute Gasteiger partial charge is 0.374 e. The minimum Gasteiger partial charge on any atom is -0.374 e. The van der Waals surface area contributed by atoms with Gasteiger partial charge in [0.1, 0.15) is 5.82 Å². The van der Waals surface area contributed by atoms with E-state index in [1.165, 1.54) is 22.5 Å². The van der Waals surface area contributed by atoms with Gasteiger partial charge in [0.25, 0.3) is 0 Å². The van der Waals surface area contributed by atoms with Gasteiger partial charge in [-0.2, -0.15) is 5.10 Å². The zero-order chi connectivity index (χ0) is 26.0. The minimum absolute atomic E-state index is 0.0692. The Morgan fingerprint density at radius 2 is 1.51 bits per heavy atom. The first-order chi connectivity index (χ1) is 18.2. The maximum Gasteiger partial charge on any atom is 0.149 e. The Hall–Kier alpha value is -3.86. The van der Waals surface area contributed by atoms with Crippen LogP contribution in [0, 0.1) is 0 Å². The summed E-state index contributed by atoms with van der Waals surface area (Å²) in [6.45, 7) is 12.7. The highest BCUT2D eigenvalue weighted by molar-refractivity contribution is 6.01. The van der Waals surface area contributed by atoms with Gasteiger partial charge in [0, 0.05) is 50.2 Å². The fraction of sp³-hybridized carbons (Fsp3) is 0.312. The molecular weight excluding hydrogens is 454 g/mol. The number of aromatic nitrogens is 1. The van der Waals surface area contributed by atoms with E-state index in [-0.39, 0.29) is 6.04 Å². The molecule has 1 aliphatic rings. The molecule has 3 aromatic rings. The molecule has 37 heavy (non-hydrogen) atoms. The lowest BCUT2D eigenvalue weighted by Crippen LogP contribution is -2.37. The van der Waals surface area contributed by atoms with Crippen molar-refractivity contribution in [3.05, 3.63) is 102 Å². The molecule has 0 aliphatic carbocycles. The average Bonchev–Trinajstić information content (AvgIpc) is 3.38. The lowest BCUT2D eigenvalue weighted by atomic mass is 10.0. The third-order valence-corrected chi connectivity index (χ3v) is 6.89. The molecule has 0 N–H and O–H groups in total. The number of hydrogen-bond donors (Lipinski definition) is 0. The van der Waals surface area contributed by atoms with Crippen LogP contribution < -0.4 is 9.91 Å². The van der Waals surface area contributed by atoms with Crippen LogP contribution >= 0.6 is 0 Å². The van der Waals surface area contributed by atoms with Crippen LogP contribution in [-0.2, 0) is 0 Å². The quantitative estimate of drug-likeness (QED) is 0.289. The summed E-state index contributed by atoms with van der Waals surface area (Å²) < 4.78 is 0. The van der Waals surface area contributed by atoms with Crippen molar-refractivity contribution in [2.24, 2.45) is 5.10 Å². The van der Waals surface area contributed by atoms with Crippen LogP contribution in [0.2, 0.25) is 0 Å². The number of hydrogen-bond acceptors (Lipinski definition) is 5. The molecule has 5 nitrogen and oxygen atoms in total. The van der Waals surface area contributed by atoms with Crippen molar-refractivity contribution in [1.82, 2.24) is 9.88 Å². The fourth-order valence-corrected chi connectivity index (χ4v) is 4.85. The number of likely N-dealkylation sites (N-methyl/N-ethyl adjacent to an activating group) is 1. The predicted octanol–water partition coefficient (Wildman–Crippen LogP) is 6.96. The van der Waals surface area contributed by atoms with Crippen molar-refractivity contribution in [3.8, 4) is 0 Å². The van der Waals surface area contributed by atoms with Crippen LogP contribution in [0.25, 0.3) is 12.2 Å². The SMILES string of the molecule is CCN(CC)C(=Cc1ccccc1)C1CC(C=Cc2ccc(N(CC)CC)cc2)=NN1c1ccccn1. The molecule has 2 heterocycles. The molecule has 0 amide bonds. The van der Waals surface area contributed by atoms with Crippen LogP contribution in [0.4, 0.5) is 11.5 Å². The summed E-state index contributed by atoms with van der Waals surface area (Å²) in [6, 6.07) is 25.4. The topological polar surface area (TPSA) is 35.0 Å². The van der Waals surface area contributed by atoms with Crippen LogP contribution in [0.15, 0.2) is 95.9 Å². The normalized spacial score (nSPS) is 15.8. The van der Waals surface area contributed by atoms with E-state index in [0.717, 1.165) is 44.1 Å². The van der Waals surface area contributed by atoms with Gasteiger partial charge >= 0.3 is 0 Å². The molecule has 192 valence electrons. The van der Waals surface area contributed by atoms with Crippen molar-refractivity contribution in [2.45, 2.75) is 40.2 Å². The summed E-state index contributed by atoms with van der Waals surface area (Å²) in [5.74, 6) is 0.866. The Labute approximate surface area is 222 Å². The van der Waals surface area contributed by atoms with Gasteiger partial charge in [-0.1, -0.05) is 54.6 Å². The van der Waals surface area contributed by atoms with Crippen molar-refractivity contribution in [2.75, 3.05) is 36.1 Å². The lowest BCUT2D eigenvalue weighted by molar-refractivity contribution is 0.357. The molecule has 5 heteroatoms. The van der Waals surface area contributed by atoms with Crippen molar-refractivity contribution >= 4 is 29.4 Å².